The first-order valence-corrected chi connectivity index (χ1v) is 13.6. The molecule has 0 aliphatic rings. The van der Waals surface area contributed by atoms with Gasteiger partial charge in [0.1, 0.15) is 49.7 Å². The second-order valence-corrected chi connectivity index (χ2v) is 8.89. The molecule has 258 valence electrons. The molecule has 12 nitrogen and oxygen atoms in total. The Kier molecular flexibility index (Phi) is 24.3. The average Bonchev–Trinajstić information content (AvgIpc) is 3.06. The van der Waals surface area contributed by atoms with Crippen molar-refractivity contribution in [3.63, 3.8) is 0 Å². The van der Waals surface area contributed by atoms with Gasteiger partial charge in [0.25, 0.3) is 0 Å². The van der Waals surface area contributed by atoms with Gasteiger partial charge in [-0.1, -0.05) is 48.5 Å². The van der Waals surface area contributed by atoms with E-state index >= 15 is 0 Å². The minimum atomic E-state index is -1.83. The SMILES string of the molecule is OB(O)Oc1ccc(CF)cc1.OB(O)Oc1ccc(CF)cc1.OB(O)Oc1ccc(CF)cc1.OB(O)Oc1ccc(CF)cc1.[LiH]. The quantitative estimate of drug-likeness (QED) is 0.0788. The van der Waals surface area contributed by atoms with E-state index in [4.69, 9.17) is 40.2 Å². The fraction of sp³-hybridized carbons (Fsp3) is 0.143. The van der Waals surface area contributed by atoms with Crippen molar-refractivity contribution in [1.82, 2.24) is 0 Å². The second-order valence-electron chi connectivity index (χ2n) is 8.89. The van der Waals surface area contributed by atoms with E-state index in [1.165, 1.54) is 97.1 Å². The van der Waals surface area contributed by atoms with Crippen molar-refractivity contribution in [2.24, 2.45) is 0 Å². The zero-order valence-electron chi connectivity index (χ0n) is 25.1. The maximum absolute atomic E-state index is 12.0. The van der Waals surface area contributed by atoms with Crippen LogP contribution in [0.5, 0.6) is 23.0 Å². The fourth-order valence-corrected chi connectivity index (χ4v) is 3.12. The summed E-state index contributed by atoms with van der Waals surface area (Å²) in [6.45, 7) is -2.16. The Labute approximate surface area is 293 Å². The number of alkyl halides is 4. The first kappa shape index (κ1) is 45.3. The summed E-state index contributed by atoms with van der Waals surface area (Å²) in [7, 11) is -7.33. The molecule has 0 aliphatic heterocycles. The van der Waals surface area contributed by atoms with Gasteiger partial charge in [-0.05, 0) is 70.8 Å². The molecule has 0 aliphatic carbocycles. The van der Waals surface area contributed by atoms with E-state index in [9.17, 15) is 17.6 Å². The van der Waals surface area contributed by atoms with Crippen LogP contribution in [-0.4, -0.2) is 88.3 Å². The van der Waals surface area contributed by atoms with Gasteiger partial charge in [0.15, 0.2) is 0 Å². The van der Waals surface area contributed by atoms with Crippen LogP contribution in [0, 0.1) is 0 Å². The molecule has 0 amide bonds. The molecule has 0 radical (unpaired) electrons. The average molecular weight is 688 g/mol. The van der Waals surface area contributed by atoms with Gasteiger partial charge in [-0.2, -0.15) is 0 Å². The van der Waals surface area contributed by atoms with E-state index in [0.29, 0.717) is 45.3 Å². The van der Waals surface area contributed by atoms with E-state index in [0.717, 1.165) is 0 Å². The molecule has 0 bridgehead atoms. The molecular formula is C28H33B4F4LiO12. The van der Waals surface area contributed by atoms with Gasteiger partial charge in [0.2, 0.25) is 0 Å². The van der Waals surface area contributed by atoms with Crippen molar-refractivity contribution in [3.8, 4) is 23.0 Å². The Morgan fingerprint density at radius 1 is 0.327 bits per heavy atom. The molecule has 0 saturated carbocycles. The van der Waals surface area contributed by atoms with Gasteiger partial charge in [0.05, 0.1) is 0 Å². The maximum atomic E-state index is 12.0. The molecular weight excluding hydrogens is 654 g/mol. The Bertz CT molecular complexity index is 1170. The summed E-state index contributed by atoms with van der Waals surface area (Å²) in [5.41, 5.74) is 2.09. The molecule has 0 atom stereocenters. The Balaban J connectivity index is 0.000000623. The van der Waals surface area contributed by atoms with Crippen molar-refractivity contribution >= 4 is 48.1 Å². The van der Waals surface area contributed by atoms with Crippen LogP contribution in [0.15, 0.2) is 97.1 Å². The Morgan fingerprint density at radius 2 is 0.469 bits per heavy atom. The first-order valence-electron chi connectivity index (χ1n) is 13.6. The molecule has 4 aromatic carbocycles. The molecule has 0 fully saturated rings. The molecule has 0 unspecified atom stereocenters. The summed E-state index contributed by atoms with van der Waals surface area (Å²) in [6, 6.07) is 23.8. The van der Waals surface area contributed by atoms with Gasteiger partial charge < -0.3 is 58.8 Å². The summed E-state index contributed by atoms with van der Waals surface area (Å²) >= 11 is 0. The summed E-state index contributed by atoms with van der Waals surface area (Å²) in [5.74, 6) is 1.17. The fourth-order valence-electron chi connectivity index (χ4n) is 3.12. The molecule has 4 aromatic rings. The van der Waals surface area contributed by atoms with E-state index < -0.39 is 56.0 Å². The van der Waals surface area contributed by atoms with Crippen LogP contribution in [0.4, 0.5) is 17.6 Å². The van der Waals surface area contributed by atoms with Gasteiger partial charge >= 0.3 is 48.1 Å². The van der Waals surface area contributed by atoms with Crippen LogP contribution < -0.4 is 18.6 Å². The normalized spacial score (nSPS) is 9.39. The summed E-state index contributed by atoms with van der Waals surface area (Å²) in [6.07, 6.45) is 0. The van der Waals surface area contributed by atoms with E-state index in [1.807, 2.05) is 0 Å². The van der Waals surface area contributed by atoms with E-state index in [-0.39, 0.29) is 18.9 Å². The van der Waals surface area contributed by atoms with Crippen molar-refractivity contribution in [2.75, 3.05) is 0 Å². The Morgan fingerprint density at radius 3 is 0.571 bits per heavy atom. The van der Waals surface area contributed by atoms with Crippen molar-refractivity contribution in [2.45, 2.75) is 26.7 Å². The van der Waals surface area contributed by atoms with Crippen LogP contribution in [0.25, 0.3) is 0 Å². The molecule has 21 heteroatoms. The predicted octanol–water partition coefficient (Wildman–Crippen LogP) is 1.37. The second kappa shape index (κ2) is 26.2. The topological polar surface area (TPSA) is 199 Å². The third-order valence-corrected chi connectivity index (χ3v) is 5.28. The molecule has 0 saturated heterocycles. The van der Waals surface area contributed by atoms with Gasteiger partial charge in [-0.25, -0.2) is 17.6 Å². The third-order valence-electron chi connectivity index (χ3n) is 5.28. The van der Waals surface area contributed by atoms with Crippen molar-refractivity contribution < 1.29 is 76.4 Å². The number of hydrogen-bond acceptors (Lipinski definition) is 12. The van der Waals surface area contributed by atoms with E-state index in [1.54, 1.807) is 0 Å². The van der Waals surface area contributed by atoms with Crippen LogP contribution in [-0.2, 0) is 26.7 Å². The standard InChI is InChI=1S/4C7H8BFO3.Li.H/c4*9-5-6-1-3-7(4-2-6)12-8(10)11;;/h4*1-4,10-11H,5H2;;. The van der Waals surface area contributed by atoms with Crippen molar-refractivity contribution in [1.29, 1.82) is 0 Å². The summed E-state index contributed by atoms with van der Waals surface area (Å²) in [4.78, 5) is 0. The number of hydrogen-bond donors (Lipinski definition) is 8. The zero-order valence-corrected chi connectivity index (χ0v) is 25.1. The molecule has 4 rings (SSSR count). The van der Waals surface area contributed by atoms with Crippen LogP contribution in [0.1, 0.15) is 22.3 Å². The molecule has 49 heavy (non-hydrogen) atoms. The van der Waals surface area contributed by atoms with Gasteiger partial charge in [-0.3, -0.25) is 0 Å². The number of rotatable bonds is 12. The monoisotopic (exact) mass is 688 g/mol. The van der Waals surface area contributed by atoms with Crippen molar-refractivity contribution in [3.05, 3.63) is 119 Å². The Hall–Kier alpha value is -3.66. The van der Waals surface area contributed by atoms with E-state index in [2.05, 4.69) is 18.6 Å². The van der Waals surface area contributed by atoms with Crippen LogP contribution in [0.3, 0.4) is 0 Å². The third kappa shape index (κ3) is 21.8. The summed E-state index contributed by atoms with van der Waals surface area (Å²) in [5, 5.41) is 67.1. The first-order chi connectivity index (χ1) is 22.9. The predicted molar refractivity (Wildman–Crippen MR) is 175 cm³/mol. The molecule has 8 N–H and O–H groups in total. The number of halogens is 4. The molecule has 0 heterocycles. The van der Waals surface area contributed by atoms with Crippen LogP contribution in [0.2, 0.25) is 0 Å². The number of benzene rings is 4. The molecule has 0 aromatic heterocycles. The zero-order chi connectivity index (χ0) is 35.9. The minimum absolute atomic E-state index is 0. The van der Waals surface area contributed by atoms with Gasteiger partial charge in [-0.15, -0.1) is 0 Å². The van der Waals surface area contributed by atoms with Gasteiger partial charge in [0, 0.05) is 0 Å². The van der Waals surface area contributed by atoms with Crippen LogP contribution >= 0.6 is 0 Å². The summed E-state index contributed by atoms with van der Waals surface area (Å²) < 4.78 is 65.9. The molecule has 0 spiro atoms.